The van der Waals surface area contributed by atoms with Gasteiger partial charge >= 0.3 is 0 Å². The van der Waals surface area contributed by atoms with E-state index in [0.29, 0.717) is 12.2 Å². The molecule has 1 heterocycles. The van der Waals surface area contributed by atoms with Crippen LogP contribution in [0.3, 0.4) is 0 Å². The summed E-state index contributed by atoms with van der Waals surface area (Å²) >= 11 is 0. The Bertz CT molecular complexity index is 1110. The summed E-state index contributed by atoms with van der Waals surface area (Å²) in [7, 11) is 3.27. The van der Waals surface area contributed by atoms with Crippen LogP contribution in [-0.2, 0) is 6.61 Å². The van der Waals surface area contributed by atoms with Crippen molar-refractivity contribution in [2.24, 2.45) is 0 Å². The van der Waals surface area contributed by atoms with Crippen molar-refractivity contribution < 1.29 is 19.0 Å². The lowest BCUT2D eigenvalue weighted by Crippen LogP contribution is -2.29. The van der Waals surface area contributed by atoms with Gasteiger partial charge in [-0.1, -0.05) is 12.1 Å². The van der Waals surface area contributed by atoms with Crippen LogP contribution in [0.25, 0.3) is 6.08 Å². The number of piperidine rings is 1. The second kappa shape index (κ2) is 11.4. The predicted octanol–water partition coefficient (Wildman–Crippen LogP) is 6.17. The van der Waals surface area contributed by atoms with Gasteiger partial charge in [0.1, 0.15) is 23.9 Å². The first-order valence-corrected chi connectivity index (χ1v) is 11.7. The molecule has 4 rings (SSSR count). The van der Waals surface area contributed by atoms with E-state index in [4.69, 9.17) is 14.2 Å². The van der Waals surface area contributed by atoms with Gasteiger partial charge in [-0.15, -0.1) is 0 Å². The molecule has 0 unspecified atom stereocenters. The molecule has 0 atom stereocenters. The zero-order chi connectivity index (χ0) is 23.8. The number of carbonyl (C=O) groups excluding carboxylic acids is 1. The SMILES string of the molecule is COc1ccc(OCc2cc(/C=C/C(=O)c3ccc(N4CCCCC4)cc3)ccc2OC)cc1. The van der Waals surface area contributed by atoms with Crippen LogP contribution in [0.2, 0.25) is 0 Å². The Kier molecular flexibility index (Phi) is 7.87. The minimum atomic E-state index is -0.0166. The van der Waals surface area contributed by atoms with E-state index in [-0.39, 0.29) is 5.78 Å². The molecule has 3 aromatic carbocycles. The van der Waals surface area contributed by atoms with Crippen LogP contribution in [0, 0.1) is 0 Å². The van der Waals surface area contributed by atoms with Gasteiger partial charge in [0.05, 0.1) is 14.2 Å². The lowest BCUT2D eigenvalue weighted by molar-refractivity contribution is 0.104. The molecule has 0 aromatic heterocycles. The minimum Gasteiger partial charge on any atom is -0.497 e. The molecule has 0 bridgehead atoms. The Labute approximate surface area is 201 Å². The van der Waals surface area contributed by atoms with Crippen molar-refractivity contribution in [2.45, 2.75) is 25.9 Å². The number of benzene rings is 3. The number of nitrogens with zero attached hydrogens (tertiary/aromatic N) is 1. The summed E-state index contributed by atoms with van der Waals surface area (Å²) in [6.07, 6.45) is 7.22. The normalized spacial score (nSPS) is 13.6. The third kappa shape index (κ3) is 5.98. The van der Waals surface area contributed by atoms with Crippen molar-refractivity contribution >= 4 is 17.5 Å². The predicted molar refractivity (Wildman–Crippen MR) is 136 cm³/mol. The largest absolute Gasteiger partial charge is 0.497 e. The molecule has 1 saturated heterocycles. The van der Waals surface area contributed by atoms with E-state index in [1.807, 2.05) is 72.8 Å². The standard InChI is InChI=1S/C29H31NO4/c1-32-26-12-14-27(15-13-26)34-21-24-20-22(7-17-29(24)33-2)6-16-28(31)23-8-10-25(11-9-23)30-18-4-3-5-19-30/h6-17,20H,3-5,18-19,21H2,1-2H3/b16-6+. The molecule has 1 aliphatic heterocycles. The lowest BCUT2D eigenvalue weighted by Gasteiger charge is -2.28. The van der Waals surface area contributed by atoms with Gasteiger partial charge in [-0.05, 0) is 91.6 Å². The molecule has 3 aromatic rings. The number of ketones is 1. The zero-order valence-electron chi connectivity index (χ0n) is 19.8. The number of hydrogen-bond acceptors (Lipinski definition) is 5. The molecule has 0 amide bonds. The Morgan fingerprint density at radius 1 is 0.853 bits per heavy atom. The Morgan fingerprint density at radius 2 is 1.56 bits per heavy atom. The first-order valence-electron chi connectivity index (χ1n) is 11.7. The second-order valence-electron chi connectivity index (χ2n) is 8.33. The quantitative estimate of drug-likeness (QED) is 0.284. The smallest absolute Gasteiger partial charge is 0.185 e. The van der Waals surface area contributed by atoms with Gasteiger partial charge < -0.3 is 19.1 Å². The van der Waals surface area contributed by atoms with Crippen LogP contribution in [0.5, 0.6) is 17.2 Å². The maximum atomic E-state index is 12.7. The van der Waals surface area contributed by atoms with Gasteiger partial charge in [0.25, 0.3) is 0 Å². The zero-order valence-corrected chi connectivity index (χ0v) is 19.8. The van der Waals surface area contributed by atoms with Gasteiger partial charge in [0.2, 0.25) is 0 Å². The summed E-state index contributed by atoms with van der Waals surface area (Å²) in [6.45, 7) is 2.54. The number of rotatable bonds is 9. The number of methoxy groups -OCH3 is 2. The summed E-state index contributed by atoms with van der Waals surface area (Å²) in [5.41, 5.74) is 3.69. The molecule has 5 heteroatoms. The number of anilines is 1. The maximum Gasteiger partial charge on any atom is 0.185 e. The molecule has 1 aliphatic rings. The summed E-state index contributed by atoms with van der Waals surface area (Å²) in [5.74, 6) is 2.25. The average molecular weight is 458 g/mol. The summed E-state index contributed by atoms with van der Waals surface area (Å²) in [6, 6.07) is 21.2. The average Bonchev–Trinajstić information content (AvgIpc) is 2.91. The molecular formula is C29H31NO4. The van der Waals surface area contributed by atoms with Crippen LogP contribution in [0.1, 0.15) is 40.7 Å². The van der Waals surface area contributed by atoms with Crippen LogP contribution in [-0.4, -0.2) is 33.1 Å². The van der Waals surface area contributed by atoms with E-state index in [9.17, 15) is 4.79 Å². The molecule has 34 heavy (non-hydrogen) atoms. The number of allylic oxidation sites excluding steroid dienone is 1. The van der Waals surface area contributed by atoms with E-state index in [1.54, 1.807) is 20.3 Å². The minimum absolute atomic E-state index is 0.0166. The van der Waals surface area contributed by atoms with E-state index in [1.165, 1.54) is 24.9 Å². The number of carbonyl (C=O) groups is 1. The van der Waals surface area contributed by atoms with Crippen molar-refractivity contribution in [3.05, 3.63) is 89.5 Å². The van der Waals surface area contributed by atoms with Gasteiger partial charge in [-0.2, -0.15) is 0 Å². The lowest BCUT2D eigenvalue weighted by atomic mass is 10.1. The summed E-state index contributed by atoms with van der Waals surface area (Å²) in [5, 5.41) is 0. The van der Waals surface area contributed by atoms with Crippen molar-refractivity contribution in [1.29, 1.82) is 0 Å². The topological polar surface area (TPSA) is 48.0 Å². The molecule has 0 aliphatic carbocycles. The third-order valence-electron chi connectivity index (χ3n) is 6.06. The molecule has 0 N–H and O–H groups in total. The fourth-order valence-electron chi connectivity index (χ4n) is 4.10. The number of ether oxygens (including phenoxy) is 3. The van der Waals surface area contributed by atoms with Crippen LogP contribution in [0.15, 0.2) is 72.8 Å². The highest BCUT2D eigenvalue weighted by molar-refractivity contribution is 6.07. The molecular weight excluding hydrogens is 426 g/mol. The van der Waals surface area contributed by atoms with E-state index in [2.05, 4.69) is 4.90 Å². The van der Waals surface area contributed by atoms with Gasteiger partial charge in [0, 0.05) is 29.9 Å². The van der Waals surface area contributed by atoms with Crippen LogP contribution < -0.4 is 19.1 Å². The van der Waals surface area contributed by atoms with Gasteiger partial charge in [0.15, 0.2) is 5.78 Å². The molecule has 5 nitrogen and oxygen atoms in total. The Morgan fingerprint density at radius 3 is 2.24 bits per heavy atom. The highest BCUT2D eigenvalue weighted by Crippen LogP contribution is 2.25. The monoisotopic (exact) mass is 457 g/mol. The van der Waals surface area contributed by atoms with Gasteiger partial charge in [-0.25, -0.2) is 0 Å². The molecule has 0 radical (unpaired) electrons. The van der Waals surface area contributed by atoms with Gasteiger partial charge in [-0.3, -0.25) is 4.79 Å². The van der Waals surface area contributed by atoms with E-state index < -0.39 is 0 Å². The fourth-order valence-corrected chi connectivity index (χ4v) is 4.10. The van der Waals surface area contributed by atoms with Crippen molar-refractivity contribution in [3.63, 3.8) is 0 Å². The highest BCUT2D eigenvalue weighted by atomic mass is 16.5. The Balaban J connectivity index is 1.41. The summed E-state index contributed by atoms with van der Waals surface area (Å²) in [4.78, 5) is 15.1. The maximum absolute atomic E-state index is 12.7. The molecule has 0 saturated carbocycles. The van der Waals surface area contributed by atoms with E-state index >= 15 is 0 Å². The molecule has 0 spiro atoms. The van der Waals surface area contributed by atoms with Crippen molar-refractivity contribution in [1.82, 2.24) is 0 Å². The highest BCUT2D eigenvalue weighted by Gasteiger charge is 2.11. The molecule has 1 fully saturated rings. The van der Waals surface area contributed by atoms with Crippen molar-refractivity contribution in [3.8, 4) is 17.2 Å². The summed E-state index contributed by atoms with van der Waals surface area (Å²) < 4.78 is 16.6. The second-order valence-corrected chi connectivity index (χ2v) is 8.33. The number of hydrogen-bond donors (Lipinski definition) is 0. The third-order valence-corrected chi connectivity index (χ3v) is 6.06. The Hall–Kier alpha value is -3.73. The first-order chi connectivity index (χ1) is 16.7. The first kappa shape index (κ1) is 23.4. The van der Waals surface area contributed by atoms with E-state index in [0.717, 1.165) is 41.5 Å². The van der Waals surface area contributed by atoms with Crippen molar-refractivity contribution in [2.75, 3.05) is 32.2 Å². The fraction of sp³-hybridized carbons (Fsp3) is 0.276. The molecule has 176 valence electrons. The van der Waals surface area contributed by atoms with Crippen LogP contribution in [0.4, 0.5) is 5.69 Å². The van der Waals surface area contributed by atoms with Crippen LogP contribution >= 0.6 is 0 Å².